The number of rotatable bonds is 4. The molecule has 0 saturated carbocycles. The Kier molecular flexibility index (Phi) is 5.92. The van der Waals surface area contributed by atoms with Gasteiger partial charge >= 0.3 is 0 Å². The fraction of sp³-hybridized carbons (Fsp3) is 0.722. The van der Waals surface area contributed by atoms with E-state index in [9.17, 15) is 18.0 Å². The molecule has 0 spiro atoms. The first-order valence-electron chi connectivity index (χ1n) is 9.96. The van der Waals surface area contributed by atoms with Crippen molar-refractivity contribution in [1.29, 1.82) is 0 Å². The van der Waals surface area contributed by atoms with Crippen LogP contribution in [0.4, 0.5) is 5.13 Å². The van der Waals surface area contributed by atoms with Crippen molar-refractivity contribution in [3.8, 4) is 0 Å². The first-order valence-corrected chi connectivity index (χ1v) is 12.6. The van der Waals surface area contributed by atoms with E-state index in [0.29, 0.717) is 57.2 Å². The number of carbonyl (C=O) groups is 2. The van der Waals surface area contributed by atoms with Gasteiger partial charge in [-0.1, -0.05) is 11.3 Å². The predicted molar refractivity (Wildman–Crippen MR) is 108 cm³/mol. The minimum Gasteiger partial charge on any atom is -0.368 e. The van der Waals surface area contributed by atoms with Gasteiger partial charge in [0.15, 0.2) is 5.13 Å². The number of hydrogen-bond acceptors (Lipinski definition) is 7. The monoisotopic (exact) mass is 442 g/mol. The van der Waals surface area contributed by atoms with Crippen LogP contribution in [-0.4, -0.2) is 73.0 Å². The topological polar surface area (TPSA) is 109 Å². The lowest BCUT2D eigenvalue weighted by atomic mass is 9.96. The standard InChI is InChI=1S/C18H26N4O5S2/c1-29(25,26)22-8-4-12(5-9-22)17(24)21-7-6-13-15(11-21)28-18(19-13)20-16(23)14-3-2-10-27-14/h12,14H,2-11H2,1H3,(H,19,20,23). The third-order valence-corrected chi connectivity index (χ3v) is 8.07. The smallest absolute Gasteiger partial charge is 0.255 e. The van der Waals surface area contributed by atoms with Crippen LogP contribution in [0, 0.1) is 5.92 Å². The Morgan fingerprint density at radius 3 is 2.62 bits per heavy atom. The van der Waals surface area contributed by atoms with Crippen molar-refractivity contribution in [3.05, 3.63) is 10.6 Å². The number of nitrogens with zero attached hydrogens (tertiary/aromatic N) is 3. The Morgan fingerprint density at radius 2 is 1.97 bits per heavy atom. The molecule has 160 valence electrons. The third-order valence-electron chi connectivity index (χ3n) is 5.77. The molecule has 3 aliphatic heterocycles. The van der Waals surface area contributed by atoms with Crippen LogP contribution in [0.3, 0.4) is 0 Å². The quantitative estimate of drug-likeness (QED) is 0.739. The first-order chi connectivity index (χ1) is 13.8. The molecule has 1 aromatic rings. The molecule has 9 nitrogen and oxygen atoms in total. The Morgan fingerprint density at radius 1 is 1.21 bits per heavy atom. The summed E-state index contributed by atoms with van der Waals surface area (Å²) in [5.41, 5.74) is 0.939. The van der Waals surface area contributed by atoms with Gasteiger partial charge in [0.1, 0.15) is 6.10 Å². The van der Waals surface area contributed by atoms with E-state index in [1.54, 1.807) is 0 Å². The summed E-state index contributed by atoms with van der Waals surface area (Å²) in [7, 11) is -3.19. The zero-order valence-corrected chi connectivity index (χ0v) is 18.1. The Bertz CT molecular complexity index is 886. The summed E-state index contributed by atoms with van der Waals surface area (Å²) in [6.07, 6.45) is 4.22. The highest BCUT2D eigenvalue weighted by atomic mass is 32.2. The van der Waals surface area contributed by atoms with Crippen molar-refractivity contribution in [2.75, 3.05) is 37.8 Å². The lowest BCUT2D eigenvalue weighted by Crippen LogP contribution is -2.45. The predicted octanol–water partition coefficient (Wildman–Crippen LogP) is 0.817. The number of carbonyl (C=O) groups excluding carboxylic acids is 2. The average Bonchev–Trinajstić information content (AvgIpc) is 3.35. The Labute approximate surface area is 174 Å². The molecule has 29 heavy (non-hydrogen) atoms. The van der Waals surface area contributed by atoms with E-state index < -0.39 is 16.1 Å². The molecule has 0 bridgehead atoms. The van der Waals surface area contributed by atoms with Crippen LogP contribution < -0.4 is 5.32 Å². The number of hydrogen-bond donors (Lipinski definition) is 1. The first kappa shape index (κ1) is 20.7. The molecule has 1 N–H and O–H groups in total. The van der Waals surface area contributed by atoms with Gasteiger partial charge in [0.25, 0.3) is 5.91 Å². The number of amides is 2. The molecule has 4 heterocycles. The van der Waals surface area contributed by atoms with Gasteiger partial charge in [-0.05, 0) is 25.7 Å². The lowest BCUT2D eigenvalue weighted by Gasteiger charge is -2.34. The Hall–Kier alpha value is -1.56. The molecule has 0 aromatic carbocycles. The molecule has 2 amide bonds. The molecule has 2 saturated heterocycles. The van der Waals surface area contributed by atoms with Crippen molar-refractivity contribution in [1.82, 2.24) is 14.2 Å². The van der Waals surface area contributed by atoms with Crippen LogP contribution in [0.15, 0.2) is 0 Å². The van der Waals surface area contributed by atoms with Crippen LogP contribution >= 0.6 is 11.3 Å². The summed E-state index contributed by atoms with van der Waals surface area (Å²) in [5.74, 6) is -0.206. The molecular weight excluding hydrogens is 416 g/mol. The highest BCUT2D eigenvalue weighted by Crippen LogP contribution is 2.31. The molecule has 11 heteroatoms. The van der Waals surface area contributed by atoms with E-state index in [1.807, 2.05) is 4.90 Å². The van der Waals surface area contributed by atoms with Crippen LogP contribution in [0.5, 0.6) is 0 Å². The lowest BCUT2D eigenvalue weighted by molar-refractivity contribution is -0.137. The number of ether oxygens (including phenoxy) is 1. The second-order valence-corrected chi connectivity index (χ2v) is 10.9. The van der Waals surface area contributed by atoms with E-state index in [1.165, 1.54) is 21.9 Å². The van der Waals surface area contributed by atoms with Gasteiger partial charge in [-0.25, -0.2) is 17.7 Å². The van der Waals surface area contributed by atoms with Crippen molar-refractivity contribution >= 4 is 38.3 Å². The summed E-state index contributed by atoms with van der Waals surface area (Å²) in [6.45, 7) is 2.50. The second-order valence-electron chi connectivity index (χ2n) is 7.83. The third kappa shape index (κ3) is 4.62. The molecule has 0 aliphatic carbocycles. The minimum atomic E-state index is -3.19. The summed E-state index contributed by atoms with van der Waals surface area (Å²) < 4.78 is 30.1. The largest absolute Gasteiger partial charge is 0.368 e. The fourth-order valence-electron chi connectivity index (χ4n) is 4.10. The summed E-state index contributed by atoms with van der Waals surface area (Å²) >= 11 is 1.41. The highest BCUT2D eigenvalue weighted by molar-refractivity contribution is 7.88. The zero-order valence-electron chi connectivity index (χ0n) is 16.4. The molecular formula is C18H26N4O5S2. The zero-order chi connectivity index (χ0) is 20.6. The van der Waals surface area contributed by atoms with Crippen molar-refractivity contribution in [3.63, 3.8) is 0 Å². The normalized spacial score (nSPS) is 23.8. The van der Waals surface area contributed by atoms with Crippen molar-refractivity contribution in [2.24, 2.45) is 5.92 Å². The maximum Gasteiger partial charge on any atom is 0.255 e. The second kappa shape index (κ2) is 8.29. The minimum absolute atomic E-state index is 0.0853. The van der Waals surface area contributed by atoms with E-state index in [-0.39, 0.29) is 17.7 Å². The van der Waals surface area contributed by atoms with Gasteiger partial charge in [-0.2, -0.15) is 0 Å². The van der Waals surface area contributed by atoms with Crippen LogP contribution in [0.2, 0.25) is 0 Å². The number of sulfonamides is 1. The van der Waals surface area contributed by atoms with Gasteiger partial charge in [0.2, 0.25) is 15.9 Å². The van der Waals surface area contributed by atoms with E-state index in [0.717, 1.165) is 23.4 Å². The SMILES string of the molecule is CS(=O)(=O)N1CCC(C(=O)N2CCc3nc(NC(=O)C4CCCO4)sc3C2)CC1. The number of fused-ring (bicyclic) bond motifs is 1. The summed E-state index contributed by atoms with van der Waals surface area (Å²) in [4.78, 5) is 32.5. The number of thiazole rings is 1. The van der Waals surface area contributed by atoms with Gasteiger partial charge in [-0.3, -0.25) is 14.9 Å². The van der Waals surface area contributed by atoms with Crippen LogP contribution in [0.1, 0.15) is 36.3 Å². The number of nitrogens with one attached hydrogen (secondary N) is 1. The molecule has 1 atom stereocenters. The summed E-state index contributed by atoms with van der Waals surface area (Å²) in [6, 6.07) is 0. The maximum atomic E-state index is 12.9. The number of anilines is 1. The fourth-order valence-corrected chi connectivity index (χ4v) is 6.00. The Balaban J connectivity index is 1.34. The number of piperidine rings is 1. The van der Waals surface area contributed by atoms with E-state index >= 15 is 0 Å². The molecule has 1 aromatic heterocycles. The van der Waals surface area contributed by atoms with Gasteiger partial charge in [-0.15, -0.1) is 0 Å². The van der Waals surface area contributed by atoms with Gasteiger partial charge < -0.3 is 9.64 Å². The molecule has 1 unspecified atom stereocenters. The highest BCUT2D eigenvalue weighted by Gasteiger charge is 2.33. The van der Waals surface area contributed by atoms with Crippen LogP contribution in [0.25, 0.3) is 0 Å². The molecule has 0 radical (unpaired) electrons. The van der Waals surface area contributed by atoms with Gasteiger partial charge in [0, 0.05) is 43.5 Å². The molecule has 3 aliphatic rings. The maximum absolute atomic E-state index is 12.9. The van der Waals surface area contributed by atoms with Crippen LogP contribution in [-0.2, 0) is 37.3 Å². The molecule has 2 fully saturated rings. The number of aromatic nitrogens is 1. The van der Waals surface area contributed by atoms with Gasteiger partial charge in [0.05, 0.1) is 18.5 Å². The van der Waals surface area contributed by atoms with E-state index in [2.05, 4.69) is 10.3 Å². The van der Waals surface area contributed by atoms with E-state index in [4.69, 9.17) is 4.74 Å². The average molecular weight is 443 g/mol. The molecule has 4 rings (SSSR count). The van der Waals surface area contributed by atoms with Crippen molar-refractivity contribution < 1.29 is 22.7 Å². The van der Waals surface area contributed by atoms with Crippen molar-refractivity contribution in [2.45, 2.75) is 44.8 Å². The summed E-state index contributed by atoms with van der Waals surface area (Å²) in [5, 5.41) is 3.41.